The van der Waals surface area contributed by atoms with Gasteiger partial charge in [-0.25, -0.2) is 9.78 Å². The van der Waals surface area contributed by atoms with Gasteiger partial charge in [-0.15, -0.1) is 0 Å². The Morgan fingerprint density at radius 2 is 2.00 bits per heavy atom. The molecule has 0 fully saturated rings. The molecule has 3 rings (SSSR count). The van der Waals surface area contributed by atoms with Crippen molar-refractivity contribution >= 4 is 28.7 Å². The van der Waals surface area contributed by atoms with Crippen LogP contribution in [0.3, 0.4) is 0 Å². The van der Waals surface area contributed by atoms with Crippen LogP contribution in [0.1, 0.15) is 16.1 Å². The van der Waals surface area contributed by atoms with Crippen LogP contribution < -0.4 is 0 Å². The number of carbonyl (C=O) groups is 1. The first-order chi connectivity index (χ1) is 9.56. The molecule has 6 heteroatoms. The minimum atomic E-state index is -1.04. The fourth-order valence-electron chi connectivity index (χ4n) is 2.03. The van der Waals surface area contributed by atoms with Crippen LogP contribution in [0.25, 0.3) is 22.4 Å². The molecule has 0 spiro atoms. The van der Waals surface area contributed by atoms with E-state index in [1.54, 1.807) is 31.2 Å². The molecule has 0 atom stereocenters. The van der Waals surface area contributed by atoms with E-state index in [9.17, 15) is 9.90 Å². The van der Waals surface area contributed by atoms with Crippen LogP contribution in [-0.4, -0.2) is 21.2 Å². The molecule has 0 bridgehead atoms. The van der Waals surface area contributed by atoms with E-state index in [4.69, 9.17) is 16.1 Å². The molecule has 0 aliphatic heterocycles. The van der Waals surface area contributed by atoms with Gasteiger partial charge >= 0.3 is 5.97 Å². The first-order valence-electron chi connectivity index (χ1n) is 5.82. The predicted molar refractivity (Wildman–Crippen MR) is 73.9 cm³/mol. The van der Waals surface area contributed by atoms with Gasteiger partial charge in [0.25, 0.3) is 5.71 Å². The number of aryl methyl sites for hydroxylation is 1. The van der Waals surface area contributed by atoms with Gasteiger partial charge in [0.1, 0.15) is 0 Å². The number of pyridine rings is 1. The summed E-state index contributed by atoms with van der Waals surface area (Å²) in [4.78, 5) is 15.7. The zero-order valence-corrected chi connectivity index (χ0v) is 11.2. The van der Waals surface area contributed by atoms with Crippen molar-refractivity contribution in [3.05, 3.63) is 46.6 Å². The van der Waals surface area contributed by atoms with E-state index < -0.39 is 5.97 Å². The Kier molecular flexibility index (Phi) is 2.91. The topological polar surface area (TPSA) is 76.2 Å². The van der Waals surface area contributed by atoms with E-state index >= 15 is 0 Å². The third kappa shape index (κ3) is 2.02. The molecule has 2 heterocycles. The van der Waals surface area contributed by atoms with Gasteiger partial charge in [-0.1, -0.05) is 28.9 Å². The summed E-state index contributed by atoms with van der Waals surface area (Å²) in [6.45, 7) is 1.68. The van der Waals surface area contributed by atoms with E-state index in [0.29, 0.717) is 21.8 Å². The average Bonchev–Trinajstić information content (AvgIpc) is 2.80. The van der Waals surface area contributed by atoms with Crippen molar-refractivity contribution in [1.29, 1.82) is 0 Å². The summed E-state index contributed by atoms with van der Waals surface area (Å²) < 4.78 is 5.07. The maximum absolute atomic E-state index is 11.4. The van der Waals surface area contributed by atoms with Gasteiger partial charge in [-0.05, 0) is 25.1 Å². The molecule has 0 saturated heterocycles. The zero-order chi connectivity index (χ0) is 14.3. The summed E-state index contributed by atoms with van der Waals surface area (Å²) in [5, 5.41) is 14.1. The Hall–Kier alpha value is -2.40. The summed E-state index contributed by atoms with van der Waals surface area (Å²) in [6.07, 6.45) is 0. The molecule has 0 aliphatic carbocycles. The molecule has 0 radical (unpaired) electrons. The molecule has 0 saturated carbocycles. The monoisotopic (exact) mass is 288 g/mol. The molecule has 0 amide bonds. The molecule has 2 aromatic heterocycles. The van der Waals surface area contributed by atoms with Gasteiger partial charge in [-0.3, -0.25) is 0 Å². The average molecular weight is 289 g/mol. The van der Waals surface area contributed by atoms with Gasteiger partial charge in [0.2, 0.25) is 0 Å². The third-order valence-corrected chi connectivity index (χ3v) is 3.24. The van der Waals surface area contributed by atoms with Crippen molar-refractivity contribution in [2.75, 3.05) is 0 Å². The highest BCUT2D eigenvalue weighted by Gasteiger charge is 2.18. The van der Waals surface area contributed by atoms with Gasteiger partial charge in [0, 0.05) is 10.6 Å². The fourth-order valence-corrected chi connectivity index (χ4v) is 2.16. The van der Waals surface area contributed by atoms with E-state index in [-0.39, 0.29) is 11.3 Å². The molecule has 3 aromatic rings. The van der Waals surface area contributed by atoms with Crippen molar-refractivity contribution < 1.29 is 14.4 Å². The van der Waals surface area contributed by atoms with Crippen molar-refractivity contribution in [2.24, 2.45) is 0 Å². The number of hydrogen-bond donors (Lipinski definition) is 1. The van der Waals surface area contributed by atoms with Gasteiger partial charge in [-0.2, -0.15) is 0 Å². The summed E-state index contributed by atoms with van der Waals surface area (Å²) in [5.74, 6) is -1.04. The van der Waals surface area contributed by atoms with Crippen molar-refractivity contribution in [2.45, 2.75) is 6.92 Å². The zero-order valence-electron chi connectivity index (χ0n) is 10.4. The van der Waals surface area contributed by atoms with Crippen molar-refractivity contribution in [3.63, 3.8) is 0 Å². The summed E-state index contributed by atoms with van der Waals surface area (Å²) in [6, 6.07) is 8.48. The third-order valence-electron chi connectivity index (χ3n) is 2.99. The van der Waals surface area contributed by atoms with Crippen LogP contribution in [-0.2, 0) is 0 Å². The number of aromatic nitrogens is 2. The number of fused-ring (bicyclic) bond motifs is 1. The van der Waals surface area contributed by atoms with Gasteiger partial charge in [0.05, 0.1) is 22.3 Å². The molecular formula is C14H9ClN2O3. The van der Waals surface area contributed by atoms with E-state index in [0.717, 1.165) is 5.56 Å². The van der Waals surface area contributed by atoms with Crippen LogP contribution >= 0.6 is 11.6 Å². The number of nitrogens with zero attached hydrogens (tertiary/aromatic N) is 2. The van der Waals surface area contributed by atoms with E-state index in [2.05, 4.69) is 10.1 Å². The Morgan fingerprint density at radius 3 is 2.65 bits per heavy atom. The number of carboxylic acids is 1. The number of hydrogen-bond acceptors (Lipinski definition) is 4. The van der Waals surface area contributed by atoms with E-state index in [1.165, 1.54) is 6.07 Å². The SMILES string of the molecule is Cc1noc2nc(-c3ccc(Cl)cc3)cc(C(=O)O)c12. The molecule has 20 heavy (non-hydrogen) atoms. The summed E-state index contributed by atoms with van der Waals surface area (Å²) in [5.41, 5.74) is 2.11. The molecule has 0 unspecified atom stereocenters. The van der Waals surface area contributed by atoms with Gasteiger partial charge < -0.3 is 9.63 Å². The normalized spacial score (nSPS) is 10.9. The maximum atomic E-state index is 11.4. The van der Waals surface area contributed by atoms with Crippen LogP contribution in [0.5, 0.6) is 0 Å². The Labute approximate surface area is 118 Å². The largest absolute Gasteiger partial charge is 0.478 e. The van der Waals surface area contributed by atoms with Crippen LogP contribution in [0.2, 0.25) is 5.02 Å². The van der Waals surface area contributed by atoms with Gasteiger partial charge in [0.15, 0.2) is 0 Å². The molecule has 1 aromatic carbocycles. The van der Waals surface area contributed by atoms with Crippen LogP contribution in [0.15, 0.2) is 34.9 Å². The van der Waals surface area contributed by atoms with Crippen molar-refractivity contribution in [3.8, 4) is 11.3 Å². The first-order valence-corrected chi connectivity index (χ1v) is 6.20. The minimum absolute atomic E-state index is 0.124. The predicted octanol–water partition coefficient (Wildman–Crippen LogP) is 3.55. The molecule has 5 nitrogen and oxygen atoms in total. The Balaban J connectivity index is 2.27. The minimum Gasteiger partial charge on any atom is -0.478 e. The highest BCUT2D eigenvalue weighted by molar-refractivity contribution is 6.30. The quantitative estimate of drug-likeness (QED) is 0.780. The first kappa shape index (κ1) is 12.6. The molecular weight excluding hydrogens is 280 g/mol. The smallest absolute Gasteiger partial charge is 0.336 e. The summed E-state index contributed by atoms with van der Waals surface area (Å²) >= 11 is 5.84. The van der Waals surface area contributed by atoms with Crippen molar-refractivity contribution in [1.82, 2.24) is 10.1 Å². The lowest BCUT2D eigenvalue weighted by atomic mass is 10.1. The Bertz CT molecular complexity index is 809. The lowest BCUT2D eigenvalue weighted by Crippen LogP contribution is -2.00. The lowest BCUT2D eigenvalue weighted by molar-refractivity contribution is 0.0699. The maximum Gasteiger partial charge on any atom is 0.336 e. The standard InChI is InChI=1S/C14H9ClN2O3/c1-7-12-10(14(18)19)6-11(16-13(12)20-17-7)8-2-4-9(15)5-3-8/h2-6H,1H3,(H,18,19). The molecule has 0 aliphatic rings. The van der Waals surface area contributed by atoms with Crippen LogP contribution in [0, 0.1) is 6.92 Å². The highest BCUT2D eigenvalue weighted by atomic mass is 35.5. The number of aromatic carboxylic acids is 1. The number of benzene rings is 1. The molecule has 1 N–H and O–H groups in total. The van der Waals surface area contributed by atoms with E-state index in [1.807, 2.05) is 0 Å². The van der Waals surface area contributed by atoms with Crippen LogP contribution in [0.4, 0.5) is 0 Å². The second-order valence-corrected chi connectivity index (χ2v) is 4.75. The molecule has 100 valence electrons. The second-order valence-electron chi connectivity index (χ2n) is 4.32. The number of halogens is 1. The lowest BCUT2D eigenvalue weighted by Gasteiger charge is -2.03. The highest BCUT2D eigenvalue weighted by Crippen LogP contribution is 2.27. The number of carboxylic acid groups (broad SMARTS) is 1. The fraction of sp³-hybridized carbons (Fsp3) is 0.0714. The number of rotatable bonds is 2. The Morgan fingerprint density at radius 1 is 1.30 bits per heavy atom. The second kappa shape index (κ2) is 4.61. The summed E-state index contributed by atoms with van der Waals surface area (Å²) in [7, 11) is 0.